The molecule has 2 aromatic carbocycles. The molecule has 0 radical (unpaired) electrons. The van der Waals surface area contributed by atoms with Gasteiger partial charge in [0.1, 0.15) is 10.8 Å². The van der Waals surface area contributed by atoms with Gasteiger partial charge >= 0.3 is 0 Å². The van der Waals surface area contributed by atoms with E-state index in [1.807, 2.05) is 48.7 Å². The first-order valence-corrected chi connectivity index (χ1v) is 10.9. The number of rotatable bonds is 6. The zero-order valence-corrected chi connectivity index (χ0v) is 18.3. The van der Waals surface area contributed by atoms with Crippen LogP contribution in [0.15, 0.2) is 53.9 Å². The van der Waals surface area contributed by atoms with Crippen molar-refractivity contribution in [3.63, 3.8) is 0 Å². The van der Waals surface area contributed by atoms with Crippen LogP contribution in [0.5, 0.6) is 5.75 Å². The maximum Gasteiger partial charge on any atom is 0.269 e. The minimum Gasteiger partial charge on any atom is -0.478 e. The van der Waals surface area contributed by atoms with E-state index >= 15 is 0 Å². The van der Waals surface area contributed by atoms with E-state index in [9.17, 15) is 14.4 Å². The summed E-state index contributed by atoms with van der Waals surface area (Å²) in [5.74, 6) is -0.671. The summed E-state index contributed by atoms with van der Waals surface area (Å²) in [6.45, 7) is 4.48. The van der Waals surface area contributed by atoms with E-state index in [1.165, 1.54) is 30.1 Å². The van der Waals surface area contributed by atoms with Gasteiger partial charge in [0.15, 0.2) is 23.7 Å². The third-order valence-electron chi connectivity index (χ3n) is 5.22. The number of Topliss-reactive ketones (excluding diaryl/α,β-unsaturated/α-hetero) is 2. The second-order valence-electron chi connectivity index (χ2n) is 7.43. The number of carbonyl (C=O) groups excluding carboxylic acids is 3. The molecule has 0 aliphatic carbocycles. The Kier molecular flexibility index (Phi) is 5.69. The van der Waals surface area contributed by atoms with Crippen molar-refractivity contribution >= 4 is 34.5 Å². The molecule has 0 bridgehead atoms. The number of anilines is 1. The van der Waals surface area contributed by atoms with Crippen molar-refractivity contribution in [2.24, 2.45) is 0 Å². The molecule has 1 aliphatic heterocycles. The summed E-state index contributed by atoms with van der Waals surface area (Å²) in [4.78, 5) is 43.7. The van der Waals surface area contributed by atoms with Crippen molar-refractivity contribution in [3.05, 3.63) is 53.9 Å². The largest absolute Gasteiger partial charge is 0.478 e. The first kappa shape index (κ1) is 20.9. The summed E-state index contributed by atoms with van der Waals surface area (Å²) in [6, 6.07) is 14.1. The van der Waals surface area contributed by atoms with Crippen LogP contribution in [-0.2, 0) is 14.4 Å². The van der Waals surface area contributed by atoms with Gasteiger partial charge in [-0.25, -0.2) is 4.98 Å². The van der Waals surface area contributed by atoms with Gasteiger partial charge in [0, 0.05) is 16.5 Å². The number of nitrogens with zero attached hydrogens (tertiary/aromatic N) is 2. The lowest BCUT2D eigenvalue weighted by Gasteiger charge is -2.37. The molecular formula is C24H22N2O4S. The van der Waals surface area contributed by atoms with Gasteiger partial charge in [0.05, 0.1) is 11.4 Å². The van der Waals surface area contributed by atoms with E-state index in [-0.39, 0.29) is 17.5 Å². The zero-order chi connectivity index (χ0) is 22.1. The lowest BCUT2D eigenvalue weighted by Crippen LogP contribution is -2.55. The van der Waals surface area contributed by atoms with Crippen LogP contribution in [0.25, 0.3) is 21.8 Å². The van der Waals surface area contributed by atoms with Gasteiger partial charge in [-0.1, -0.05) is 37.3 Å². The molecule has 0 spiro atoms. The lowest BCUT2D eigenvalue weighted by atomic mass is 10.0. The highest BCUT2D eigenvalue weighted by Crippen LogP contribution is 2.40. The Hall–Kier alpha value is -3.32. The number of hydrogen-bond donors (Lipinski definition) is 0. The van der Waals surface area contributed by atoms with Crippen LogP contribution in [0.3, 0.4) is 0 Å². The molecule has 1 aliphatic rings. The zero-order valence-electron chi connectivity index (χ0n) is 17.5. The van der Waals surface area contributed by atoms with Crippen LogP contribution < -0.4 is 9.64 Å². The fourth-order valence-corrected chi connectivity index (χ4v) is 4.57. The summed E-state index contributed by atoms with van der Waals surface area (Å²) >= 11 is 1.53. The van der Waals surface area contributed by atoms with E-state index in [4.69, 9.17) is 9.72 Å². The van der Waals surface area contributed by atoms with Crippen molar-refractivity contribution in [1.29, 1.82) is 0 Å². The molecule has 6 nitrogen and oxygen atoms in total. The topological polar surface area (TPSA) is 76.6 Å². The Morgan fingerprint density at radius 2 is 1.81 bits per heavy atom. The van der Waals surface area contributed by atoms with E-state index < -0.39 is 12.1 Å². The van der Waals surface area contributed by atoms with E-state index in [1.54, 1.807) is 12.1 Å². The SMILES string of the molecule is CCC1Oc2ccc(-c3csc(-c4ccccc4)n3)cc2N(C(C(C)=O)C(C)=O)C1=O. The van der Waals surface area contributed by atoms with Crippen LogP contribution in [0, 0.1) is 0 Å². The van der Waals surface area contributed by atoms with Gasteiger partial charge in [0.2, 0.25) is 0 Å². The molecule has 1 atom stereocenters. The molecule has 1 aromatic heterocycles. The number of hydrogen-bond acceptors (Lipinski definition) is 6. The minimum absolute atomic E-state index is 0.381. The molecule has 0 saturated heterocycles. The van der Waals surface area contributed by atoms with E-state index in [0.717, 1.165) is 21.8 Å². The normalized spacial score (nSPS) is 15.5. The monoisotopic (exact) mass is 434 g/mol. The molecule has 0 N–H and O–H groups in total. The highest BCUT2D eigenvalue weighted by molar-refractivity contribution is 7.13. The van der Waals surface area contributed by atoms with Crippen LogP contribution in [-0.4, -0.2) is 34.6 Å². The average Bonchev–Trinajstić information content (AvgIpc) is 3.25. The number of ether oxygens (including phenoxy) is 1. The van der Waals surface area contributed by atoms with Crippen molar-refractivity contribution in [3.8, 4) is 27.6 Å². The summed E-state index contributed by atoms with van der Waals surface area (Å²) in [6.07, 6.45) is -0.297. The van der Waals surface area contributed by atoms with E-state index in [2.05, 4.69) is 0 Å². The highest BCUT2D eigenvalue weighted by Gasteiger charge is 2.41. The molecule has 0 fully saturated rings. The van der Waals surface area contributed by atoms with Gasteiger partial charge < -0.3 is 4.74 Å². The standard InChI is InChI=1S/C24H22N2O4S/c1-4-20-24(29)26(22(14(2)27)15(3)28)19-12-17(10-11-21(19)30-20)18-13-31-23(25-18)16-8-6-5-7-9-16/h5-13,20,22H,4H2,1-3H3. The third kappa shape index (κ3) is 3.88. The summed E-state index contributed by atoms with van der Waals surface area (Å²) < 4.78 is 5.87. The molecule has 158 valence electrons. The smallest absolute Gasteiger partial charge is 0.269 e. The Labute approximate surface area is 184 Å². The third-order valence-corrected chi connectivity index (χ3v) is 6.11. The van der Waals surface area contributed by atoms with Crippen LogP contribution in [0.1, 0.15) is 27.2 Å². The van der Waals surface area contributed by atoms with Crippen molar-refractivity contribution in [2.45, 2.75) is 39.3 Å². The fourth-order valence-electron chi connectivity index (χ4n) is 3.74. The number of fused-ring (bicyclic) bond motifs is 1. The van der Waals surface area contributed by atoms with Crippen LogP contribution in [0.4, 0.5) is 5.69 Å². The quantitative estimate of drug-likeness (QED) is 0.533. The number of benzene rings is 2. The average molecular weight is 435 g/mol. The predicted octanol–water partition coefficient (Wildman–Crippen LogP) is 4.53. The predicted molar refractivity (Wildman–Crippen MR) is 120 cm³/mol. The molecule has 0 saturated carbocycles. The van der Waals surface area contributed by atoms with Crippen LogP contribution >= 0.6 is 11.3 Å². The second-order valence-corrected chi connectivity index (χ2v) is 8.29. The van der Waals surface area contributed by atoms with Gasteiger partial charge in [-0.3, -0.25) is 19.3 Å². The molecule has 1 amide bonds. The highest BCUT2D eigenvalue weighted by atomic mass is 32.1. The summed E-state index contributed by atoms with van der Waals surface area (Å²) in [5.41, 5.74) is 2.96. The maximum absolute atomic E-state index is 13.1. The first-order chi connectivity index (χ1) is 14.9. The summed E-state index contributed by atoms with van der Waals surface area (Å²) in [7, 11) is 0. The molecule has 4 rings (SSSR count). The van der Waals surface area contributed by atoms with Crippen molar-refractivity contribution in [1.82, 2.24) is 4.98 Å². The number of amides is 1. The van der Waals surface area contributed by atoms with Gasteiger partial charge in [-0.15, -0.1) is 11.3 Å². The molecule has 3 aromatic rings. The first-order valence-electron chi connectivity index (χ1n) is 10.1. The second kappa shape index (κ2) is 8.43. The van der Waals surface area contributed by atoms with Crippen molar-refractivity contribution in [2.75, 3.05) is 4.90 Å². The maximum atomic E-state index is 13.1. The lowest BCUT2D eigenvalue weighted by molar-refractivity contribution is -0.134. The Bertz CT molecular complexity index is 1140. The number of thiazole rings is 1. The molecule has 31 heavy (non-hydrogen) atoms. The molecule has 2 heterocycles. The Morgan fingerprint density at radius 1 is 1.10 bits per heavy atom. The Balaban J connectivity index is 1.79. The van der Waals surface area contributed by atoms with E-state index in [0.29, 0.717) is 17.9 Å². The van der Waals surface area contributed by atoms with Crippen LogP contribution in [0.2, 0.25) is 0 Å². The minimum atomic E-state index is -1.17. The molecule has 1 unspecified atom stereocenters. The number of ketones is 2. The van der Waals surface area contributed by atoms with Gasteiger partial charge in [-0.2, -0.15) is 0 Å². The number of carbonyl (C=O) groups is 3. The van der Waals surface area contributed by atoms with Gasteiger partial charge in [-0.05, 0) is 38.5 Å². The Morgan fingerprint density at radius 3 is 2.45 bits per heavy atom. The van der Waals surface area contributed by atoms with Gasteiger partial charge in [0.25, 0.3) is 5.91 Å². The fraction of sp³-hybridized carbons (Fsp3) is 0.250. The van der Waals surface area contributed by atoms with Crippen molar-refractivity contribution < 1.29 is 19.1 Å². The summed E-state index contributed by atoms with van der Waals surface area (Å²) in [5, 5.41) is 2.83. The molecular weight excluding hydrogens is 412 g/mol. The molecule has 7 heteroatoms. The number of aromatic nitrogens is 1.